The molecule has 3 N–H and O–H groups in total. The maximum absolute atomic E-state index is 12.5. The van der Waals surface area contributed by atoms with Crippen LogP contribution in [0.5, 0.6) is 5.75 Å². The minimum absolute atomic E-state index is 0.0619. The maximum Gasteiger partial charge on any atom is 0.573 e. The van der Waals surface area contributed by atoms with Crippen LogP contribution in [-0.4, -0.2) is 34.8 Å². The van der Waals surface area contributed by atoms with Crippen molar-refractivity contribution in [2.75, 3.05) is 14.1 Å². The Morgan fingerprint density at radius 1 is 1.03 bits per heavy atom. The summed E-state index contributed by atoms with van der Waals surface area (Å²) in [6, 6.07) is 12.9. The van der Waals surface area contributed by atoms with Gasteiger partial charge in [-0.15, -0.1) is 13.2 Å². The molecule has 2 rings (SSSR count). The molecule has 7 nitrogen and oxygen atoms in total. The smallest absolute Gasteiger partial charge is 0.405 e. The molecule has 0 unspecified atom stereocenters. The summed E-state index contributed by atoms with van der Waals surface area (Å²) in [5.41, 5.74) is 1.77. The first kappa shape index (κ1) is 23.5. The van der Waals surface area contributed by atoms with Crippen molar-refractivity contribution in [2.45, 2.75) is 25.2 Å². The van der Waals surface area contributed by atoms with Gasteiger partial charge in [-0.2, -0.15) is 0 Å². The van der Waals surface area contributed by atoms with E-state index in [0.717, 1.165) is 5.56 Å². The summed E-state index contributed by atoms with van der Waals surface area (Å²) in [5.74, 6) is -0.0585. The topological polar surface area (TPSA) is 91.8 Å². The van der Waals surface area contributed by atoms with Crippen LogP contribution in [0.15, 0.2) is 53.5 Å². The van der Waals surface area contributed by atoms with Crippen molar-refractivity contribution >= 4 is 16.0 Å². The van der Waals surface area contributed by atoms with Gasteiger partial charge in [-0.05, 0) is 24.2 Å². The number of hydrogen-bond donors (Lipinski definition) is 3. The second kappa shape index (κ2) is 10.3. The van der Waals surface area contributed by atoms with Gasteiger partial charge in [-0.1, -0.05) is 42.5 Å². The highest BCUT2D eigenvalue weighted by atomic mass is 32.2. The molecular formula is C19H23F3N4O3S. The van der Waals surface area contributed by atoms with Crippen molar-refractivity contribution < 1.29 is 26.3 Å². The molecule has 0 saturated carbocycles. The van der Waals surface area contributed by atoms with Crippen LogP contribution in [0.1, 0.15) is 16.7 Å². The van der Waals surface area contributed by atoms with E-state index in [2.05, 4.69) is 25.1 Å². The van der Waals surface area contributed by atoms with Crippen LogP contribution in [0.3, 0.4) is 0 Å². The van der Waals surface area contributed by atoms with Crippen molar-refractivity contribution in [3.05, 3.63) is 65.2 Å². The normalized spacial score (nSPS) is 12.5. The number of benzene rings is 2. The molecule has 0 fully saturated rings. The predicted molar refractivity (Wildman–Crippen MR) is 108 cm³/mol. The Balaban J connectivity index is 1.97. The standard InChI is InChI=1S/C19H23F3N4O3S/c1-23-18(26-12-16-8-3-4-9-17(16)29-19(20,21)22)25-11-14-6-5-7-15(10-14)13-30(27,28)24-2/h3-10,24H,11-13H2,1-2H3,(H2,23,25,26). The van der Waals surface area contributed by atoms with Gasteiger partial charge in [0.2, 0.25) is 10.0 Å². The number of ether oxygens (including phenoxy) is 1. The van der Waals surface area contributed by atoms with Gasteiger partial charge in [-0.3, -0.25) is 4.99 Å². The third-order valence-corrected chi connectivity index (χ3v) is 5.32. The Bertz CT molecular complexity index is 979. The first-order chi connectivity index (χ1) is 14.1. The molecule has 2 aromatic rings. The monoisotopic (exact) mass is 444 g/mol. The molecule has 0 aromatic heterocycles. The molecule has 164 valence electrons. The average molecular weight is 444 g/mol. The Kier molecular flexibility index (Phi) is 8.07. The molecule has 0 spiro atoms. The Hall–Kier alpha value is -2.79. The third-order valence-electron chi connectivity index (χ3n) is 3.99. The lowest BCUT2D eigenvalue weighted by Gasteiger charge is -2.16. The van der Waals surface area contributed by atoms with Crippen LogP contribution >= 0.6 is 0 Å². The number of rotatable bonds is 8. The lowest BCUT2D eigenvalue weighted by Crippen LogP contribution is -2.36. The first-order valence-electron chi connectivity index (χ1n) is 8.89. The summed E-state index contributed by atoms with van der Waals surface area (Å²) in [5, 5.41) is 5.97. The van der Waals surface area contributed by atoms with Crippen LogP contribution in [0, 0.1) is 0 Å². The van der Waals surface area contributed by atoms with Gasteiger partial charge in [0.15, 0.2) is 5.96 Å². The van der Waals surface area contributed by atoms with Gasteiger partial charge in [0.25, 0.3) is 0 Å². The van der Waals surface area contributed by atoms with Gasteiger partial charge in [0, 0.05) is 25.7 Å². The number of alkyl halides is 3. The van der Waals surface area contributed by atoms with Crippen molar-refractivity contribution in [3.63, 3.8) is 0 Å². The minimum atomic E-state index is -4.78. The van der Waals surface area contributed by atoms with E-state index in [-0.39, 0.29) is 18.0 Å². The summed E-state index contributed by atoms with van der Waals surface area (Å²) in [4.78, 5) is 4.04. The van der Waals surface area contributed by atoms with Gasteiger partial charge in [-0.25, -0.2) is 13.1 Å². The molecule has 0 aliphatic carbocycles. The number of para-hydroxylation sites is 1. The Labute approximate surface area is 173 Å². The predicted octanol–water partition coefficient (Wildman–Crippen LogP) is 2.50. The van der Waals surface area contributed by atoms with E-state index in [1.165, 1.54) is 32.3 Å². The zero-order valence-corrected chi connectivity index (χ0v) is 17.3. The molecule has 0 heterocycles. The number of sulfonamides is 1. The van der Waals surface area contributed by atoms with Crippen LogP contribution in [0.25, 0.3) is 0 Å². The number of nitrogens with one attached hydrogen (secondary N) is 3. The summed E-state index contributed by atoms with van der Waals surface area (Å²) in [6.45, 7) is 0.403. The van der Waals surface area contributed by atoms with Crippen LogP contribution < -0.4 is 20.1 Å². The van der Waals surface area contributed by atoms with E-state index in [4.69, 9.17) is 0 Å². The summed E-state index contributed by atoms with van der Waals surface area (Å²) >= 11 is 0. The quantitative estimate of drug-likeness (QED) is 0.430. The number of halogens is 3. The van der Waals surface area contributed by atoms with Crippen LogP contribution in [0.4, 0.5) is 13.2 Å². The lowest BCUT2D eigenvalue weighted by atomic mass is 10.1. The Morgan fingerprint density at radius 2 is 1.70 bits per heavy atom. The van der Waals surface area contributed by atoms with E-state index < -0.39 is 16.4 Å². The molecule has 0 amide bonds. The minimum Gasteiger partial charge on any atom is -0.405 e. The first-order valence-corrected chi connectivity index (χ1v) is 10.5. The van der Waals surface area contributed by atoms with Gasteiger partial charge in [0.1, 0.15) is 5.75 Å². The highest BCUT2D eigenvalue weighted by Crippen LogP contribution is 2.26. The largest absolute Gasteiger partial charge is 0.573 e. The highest BCUT2D eigenvalue weighted by Gasteiger charge is 2.31. The summed E-state index contributed by atoms with van der Waals surface area (Å²) < 4.78 is 67.3. The van der Waals surface area contributed by atoms with E-state index in [9.17, 15) is 21.6 Å². The van der Waals surface area contributed by atoms with Gasteiger partial charge in [0.05, 0.1) is 5.75 Å². The number of hydrogen-bond acceptors (Lipinski definition) is 4. The fourth-order valence-electron chi connectivity index (χ4n) is 2.58. The molecule has 0 saturated heterocycles. The zero-order chi connectivity index (χ0) is 22.2. The van der Waals surface area contributed by atoms with Crippen molar-refractivity contribution in [1.29, 1.82) is 0 Å². The molecule has 0 bridgehead atoms. The van der Waals surface area contributed by atoms with E-state index in [1.54, 1.807) is 24.3 Å². The average Bonchev–Trinajstić information content (AvgIpc) is 2.68. The maximum atomic E-state index is 12.5. The second-order valence-corrected chi connectivity index (χ2v) is 8.14. The van der Waals surface area contributed by atoms with Gasteiger partial charge < -0.3 is 15.4 Å². The van der Waals surface area contributed by atoms with E-state index in [0.29, 0.717) is 23.6 Å². The molecule has 0 atom stereocenters. The molecule has 0 aliphatic rings. The third kappa shape index (κ3) is 7.91. The molecule has 30 heavy (non-hydrogen) atoms. The van der Waals surface area contributed by atoms with Gasteiger partial charge >= 0.3 is 6.36 Å². The fraction of sp³-hybridized carbons (Fsp3) is 0.316. The molecule has 2 aromatic carbocycles. The molecule has 11 heteroatoms. The number of nitrogens with zero attached hydrogens (tertiary/aromatic N) is 1. The van der Waals surface area contributed by atoms with E-state index >= 15 is 0 Å². The fourth-order valence-corrected chi connectivity index (χ4v) is 3.34. The van der Waals surface area contributed by atoms with Crippen molar-refractivity contribution in [3.8, 4) is 5.75 Å². The van der Waals surface area contributed by atoms with Crippen LogP contribution in [-0.2, 0) is 28.9 Å². The lowest BCUT2D eigenvalue weighted by molar-refractivity contribution is -0.274. The number of guanidine groups is 1. The summed E-state index contributed by atoms with van der Waals surface area (Å²) in [6.07, 6.45) is -4.78. The summed E-state index contributed by atoms with van der Waals surface area (Å²) in [7, 11) is -0.494. The van der Waals surface area contributed by atoms with Crippen molar-refractivity contribution in [2.24, 2.45) is 4.99 Å². The molecule has 0 radical (unpaired) electrons. The SMILES string of the molecule is CN=C(NCc1cccc(CS(=O)(=O)NC)c1)NCc1ccccc1OC(F)(F)F. The zero-order valence-electron chi connectivity index (χ0n) is 16.5. The van der Waals surface area contributed by atoms with Crippen molar-refractivity contribution in [1.82, 2.24) is 15.4 Å². The number of aliphatic imine (C=N–C) groups is 1. The highest BCUT2D eigenvalue weighted by molar-refractivity contribution is 7.88. The Morgan fingerprint density at radius 3 is 2.37 bits per heavy atom. The van der Waals surface area contributed by atoms with Crippen LogP contribution in [0.2, 0.25) is 0 Å². The molecular weight excluding hydrogens is 421 g/mol. The van der Waals surface area contributed by atoms with E-state index in [1.807, 2.05) is 6.07 Å². The molecule has 0 aliphatic heterocycles. The second-order valence-electron chi connectivity index (χ2n) is 6.22.